The number of rotatable bonds is 2. The molecule has 1 fully saturated rings. The molecule has 1 aliphatic rings. The van der Waals surface area contributed by atoms with E-state index >= 15 is 0 Å². The van der Waals surface area contributed by atoms with E-state index in [4.69, 9.17) is 4.74 Å². The zero-order valence-electron chi connectivity index (χ0n) is 10.4. The highest BCUT2D eigenvalue weighted by molar-refractivity contribution is 9.11. The Labute approximate surface area is 127 Å². The van der Waals surface area contributed by atoms with E-state index in [1.165, 1.54) is 0 Å². The highest BCUT2D eigenvalue weighted by Gasteiger charge is 2.32. The molecule has 0 saturated carbocycles. The van der Waals surface area contributed by atoms with Crippen molar-refractivity contribution >= 4 is 42.9 Å². The molecule has 2 aromatic rings. The Kier molecular flexibility index (Phi) is 3.57. The summed E-state index contributed by atoms with van der Waals surface area (Å²) in [6, 6.07) is 3.92. The lowest BCUT2D eigenvalue weighted by atomic mass is 9.97. The van der Waals surface area contributed by atoms with E-state index in [0.29, 0.717) is 5.92 Å². The van der Waals surface area contributed by atoms with Gasteiger partial charge in [0.25, 0.3) is 0 Å². The van der Waals surface area contributed by atoms with Gasteiger partial charge in [0.2, 0.25) is 0 Å². The maximum Gasteiger partial charge on any atom is 0.323 e. The minimum absolute atomic E-state index is 0.113. The summed E-state index contributed by atoms with van der Waals surface area (Å²) in [5, 5.41) is 0. The van der Waals surface area contributed by atoms with Crippen LogP contribution in [0.3, 0.4) is 0 Å². The van der Waals surface area contributed by atoms with Crippen molar-refractivity contribution in [1.29, 1.82) is 0 Å². The molecule has 1 aromatic carbocycles. The Balaban J connectivity index is 2.03. The first-order valence-electron chi connectivity index (χ1n) is 6.23. The third-order valence-corrected chi connectivity index (χ3v) is 5.36. The lowest BCUT2D eigenvalue weighted by molar-refractivity contribution is 0.0934. The average Bonchev–Trinajstić information content (AvgIpc) is 2.92. The van der Waals surface area contributed by atoms with Crippen molar-refractivity contribution in [2.24, 2.45) is 5.92 Å². The Bertz CT molecular complexity index is 664. The molecule has 0 aliphatic carbocycles. The van der Waals surface area contributed by atoms with Crippen LogP contribution in [0.5, 0.6) is 0 Å². The molecule has 102 valence electrons. The number of benzene rings is 1. The topological polar surface area (TPSA) is 57.9 Å². The van der Waals surface area contributed by atoms with Crippen LogP contribution in [-0.4, -0.2) is 22.7 Å². The number of imidazole rings is 1. The summed E-state index contributed by atoms with van der Waals surface area (Å²) < 4.78 is 6.78. The van der Waals surface area contributed by atoms with Crippen LogP contribution in [0.2, 0.25) is 0 Å². The standard InChI is InChI=1S/C13H14Br2N2O2/c1-6-2-3-19-12(6)11(15)7-4-9-10(5-8(7)14)17-13(18)16-9/h4-6,11-12H,2-3H2,1H3,(H2,16,17,18). The molecule has 2 N–H and O–H groups in total. The summed E-state index contributed by atoms with van der Waals surface area (Å²) in [7, 11) is 0. The van der Waals surface area contributed by atoms with E-state index in [0.717, 1.165) is 34.1 Å². The van der Waals surface area contributed by atoms with E-state index in [2.05, 4.69) is 48.8 Å². The molecule has 4 nitrogen and oxygen atoms in total. The molecule has 1 saturated heterocycles. The lowest BCUT2D eigenvalue weighted by Crippen LogP contribution is -2.19. The molecule has 6 heteroatoms. The Morgan fingerprint density at radius 1 is 1.37 bits per heavy atom. The van der Waals surface area contributed by atoms with Gasteiger partial charge in [-0.2, -0.15) is 0 Å². The summed E-state index contributed by atoms with van der Waals surface area (Å²) >= 11 is 7.31. The Hall–Kier alpha value is -0.590. The lowest BCUT2D eigenvalue weighted by Gasteiger charge is -2.22. The van der Waals surface area contributed by atoms with Gasteiger partial charge in [-0.25, -0.2) is 4.79 Å². The van der Waals surface area contributed by atoms with E-state index in [1.54, 1.807) is 0 Å². The van der Waals surface area contributed by atoms with E-state index in [9.17, 15) is 4.79 Å². The van der Waals surface area contributed by atoms with Gasteiger partial charge in [-0.15, -0.1) is 0 Å². The molecule has 0 amide bonds. The van der Waals surface area contributed by atoms with Gasteiger partial charge in [-0.05, 0) is 30.0 Å². The van der Waals surface area contributed by atoms with Gasteiger partial charge in [0.15, 0.2) is 0 Å². The van der Waals surface area contributed by atoms with Crippen molar-refractivity contribution in [2.75, 3.05) is 6.61 Å². The van der Waals surface area contributed by atoms with Crippen LogP contribution in [0.1, 0.15) is 23.7 Å². The molecule has 3 atom stereocenters. The zero-order chi connectivity index (χ0) is 13.6. The molecule has 0 radical (unpaired) electrons. The van der Waals surface area contributed by atoms with Gasteiger partial charge in [0.1, 0.15) is 0 Å². The van der Waals surface area contributed by atoms with Crippen LogP contribution in [0.15, 0.2) is 21.4 Å². The van der Waals surface area contributed by atoms with Crippen molar-refractivity contribution in [3.05, 3.63) is 32.7 Å². The van der Waals surface area contributed by atoms with Crippen LogP contribution in [0.25, 0.3) is 11.0 Å². The molecule has 3 unspecified atom stereocenters. The van der Waals surface area contributed by atoms with Gasteiger partial charge in [-0.1, -0.05) is 38.8 Å². The number of alkyl halides is 1. The minimum Gasteiger partial charge on any atom is -0.376 e. The van der Waals surface area contributed by atoms with Gasteiger partial charge in [0.05, 0.1) is 22.0 Å². The van der Waals surface area contributed by atoms with Crippen molar-refractivity contribution in [1.82, 2.24) is 9.97 Å². The van der Waals surface area contributed by atoms with E-state index in [-0.39, 0.29) is 16.6 Å². The SMILES string of the molecule is CC1CCOC1C(Br)c1cc2[nH]c(=O)[nH]c2cc1Br. The first-order valence-corrected chi connectivity index (χ1v) is 7.94. The number of aromatic amines is 2. The summed E-state index contributed by atoms with van der Waals surface area (Å²) in [4.78, 5) is 17.0. The summed E-state index contributed by atoms with van der Waals surface area (Å²) in [6.07, 6.45) is 1.26. The van der Waals surface area contributed by atoms with Gasteiger partial charge in [0, 0.05) is 11.1 Å². The maximum absolute atomic E-state index is 11.3. The van der Waals surface area contributed by atoms with E-state index in [1.807, 2.05) is 12.1 Å². The maximum atomic E-state index is 11.3. The van der Waals surface area contributed by atoms with Crippen LogP contribution < -0.4 is 5.69 Å². The monoisotopic (exact) mass is 388 g/mol. The predicted molar refractivity (Wildman–Crippen MR) is 81.8 cm³/mol. The van der Waals surface area contributed by atoms with Crippen molar-refractivity contribution in [2.45, 2.75) is 24.3 Å². The Morgan fingerprint density at radius 2 is 2.05 bits per heavy atom. The van der Waals surface area contributed by atoms with Crippen LogP contribution in [0, 0.1) is 5.92 Å². The van der Waals surface area contributed by atoms with Crippen molar-refractivity contribution in [3.8, 4) is 0 Å². The predicted octanol–water partition coefficient (Wildman–Crippen LogP) is 3.48. The number of halogens is 2. The fourth-order valence-electron chi connectivity index (χ4n) is 2.55. The molecule has 19 heavy (non-hydrogen) atoms. The van der Waals surface area contributed by atoms with Gasteiger partial charge in [-0.3, -0.25) is 0 Å². The van der Waals surface area contributed by atoms with Crippen LogP contribution in [0.4, 0.5) is 0 Å². The highest BCUT2D eigenvalue weighted by Crippen LogP contribution is 2.40. The summed E-state index contributed by atoms with van der Waals surface area (Å²) in [5.41, 5.74) is 2.54. The average molecular weight is 390 g/mol. The number of fused-ring (bicyclic) bond motifs is 1. The second kappa shape index (κ2) is 5.07. The number of hydrogen-bond acceptors (Lipinski definition) is 2. The molecule has 0 spiro atoms. The molecule has 3 rings (SSSR count). The number of aromatic nitrogens is 2. The first kappa shape index (κ1) is 13.4. The normalized spacial score (nSPS) is 25.0. The van der Waals surface area contributed by atoms with Gasteiger partial charge < -0.3 is 14.7 Å². The fourth-order valence-corrected chi connectivity index (χ4v) is 4.50. The largest absolute Gasteiger partial charge is 0.376 e. The van der Waals surface area contributed by atoms with E-state index < -0.39 is 0 Å². The molecule has 1 aliphatic heterocycles. The summed E-state index contributed by atoms with van der Waals surface area (Å²) in [5.74, 6) is 0.525. The second-order valence-electron chi connectivity index (χ2n) is 5.00. The molecule has 2 heterocycles. The molecule has 1 aromatic heterocycles. The molecule has 0 bridgehead atoms. The molecular weight excluding hydrogens is 376 g/mol. The second-order valence-corrected chi connectivity index (χ2v) is 6.84. The number of ether oxygens (including phenoxy) is 1. The minimum atomic E-state index is -0.185. The number of nitrogens with one attached hydrogen (secondary N) is 2. The third kappa shape index (κ3) is 2.41. The fraction of sp³-hybridized carbons (Fsp3) is 0.462. The number of H-pyrrole nitrogens is 2. The van der Waals surface area contributed by atoms with Crippen molar-refractivity contribution < 1.29 is 4.74 Å². The van der Waals surface area contributed by atoms with Crippen molar-refractivity contribution in [3.63, 3.8) is 0 Å². The summed E-state index contributed by atoms with van der Waals surface area (Å²) in [6.45, 7) is 3.02. The number of hydrogen-bond donors (Lipinski definition) is 2. The van der Waals surface area contributed by atoms with Gasteiger partial charge >= 0.3 is 5.69 Å². The smallest absolute Gasteiger partial charge is 0.323 e. The molecular formula is C13H14Br2N2O2. The van der Waals surface area contributed by atoms with Crippen LogP contribution >= 0.6 is 31.9 Å². The quantitative estimate of drug-likeness (QED) is 0.772. The Morgan fingerprint density at radius 3 is 2.68 bits per heavy atom. The van der Waals surface area contributed by atoms with Crippen LogP contribution in [-0.2, 0) is 4.74 Å². The third-order valence-electron chi connectivity index (χ3n) is 3.66. The highest BCUT2D eigenvalue weighted by atomic mass is 79.9. The first-order chi connectivity index (χ1) is 9.06. The zero-order valence-corrected chi connectivity index (χ0v) is 13.5.